The predicted octanol–water partition coefficient (Wildman–Crippen LogP) is 4.49. The van der Waals surface area contributed by atoms with E-state index in [1.807, 2.05) is 24.3 Å². The fraction of sp³-hybridized carbons (Fsp3) is 0.579. The second kappa shape index (κ2) is 10.3. The summed E-state index contributed by atoms with van der Waals surface area (Å²) in [4.78, 5) is 0. The van der Waals surface area contributed by atoms with E-state index in [2.05, 4.69) is 27.6 Å². The Morgan fingerprint density at radius 3 is 2.85 bits per heavy atom. The Morgan fingerprint density at radius 2 is 2.07 bits per heavy atom. The van der Waals surface area contributed by atoms with Crippen molar-refractivity contribution in [2.45, 2.75) is 68.7 Å². The number of nitrogens with zero attached hydrogens (tertiary/aromatic N) is 5. The van der Waals surface area contributed by atoms with Crippen LogP contribution in [0.2, 0.25) is 0 Å². The van der Waals surface area contributed by atoms with Crippen LogP contribution in [0.1, 0.15) is 58.3 Å². The molecule has 0 radical (unpaired) electrons. The van der Waals surface area contributed by atoms with Crippen LogP contribution in [0.25, 0.3) is 5.69 Å². The Morgan fingerprint density at radius 1 is 1.22 bits per heavy atom. The van der Waals surface area contributed by atoms with Gasteiger partial charge >= 0.3 is 0 Å². The summed E-state index contributed by atoms with van der Waals surface area (Å²) in [6.45, 7) is 2.95. The zero-order chi connectivity index (χ0) is 18.9. The quantitative estimate of drug-likeness (QED) is 0.386. The third kappa shape index (κ3) is 5.45. The molecule has 0 saturated heterocycles. The minimum atomic E-state index is 0.124. The molecular formula is C19H27N5O2S. The van der Waals surface area contributed by atoms with Crippen LogP contribution in [0.15, 0.2) is 34.6 Å². The molecule has 8 heteroatoms. The predicted molar refractivity (Wildman–Crippen MR) is 106 cm³/mol. The van der Waals surface area contributed by atoms with Gasteiger partial charge in [-0.3, -0.25) is 0 Å². The van der Waals surface area contributed by atoms with E-state index in [1.165, 1.54) is 19.3 Å². The van der Waals surface area contributed by atoms with Crippen molar-refractivity contribution in [2.24, 2.45) is 5.16 Å². The molecule has 0 aliphatic heterocycles. The van der Waals surface area contributed by atoms with Crippen LogP contribution in [0.4, 0.5) is 0 Å². The lowest BCUT2D eigenvalue weighted by molar-refractivity contribution is 0.305. The number of ether oxygens (including phenoxy) is 1. The molecule has 1 N–H and O–H groups in total. The minimum Gasteiger partial charge on any atom is -0.494 e. The largest absolute Gasteiger partial charge is 0.494 e. The standard InChI is InChI=1S/C19H27N5O2S/c1-2-3-4-7-14-26-16-12-10-15(11-13-16)24-19(20-22-23-24)27-18-9-6-5-8-17(18)21-25/h10-13,18,25H,2-9,14H2,1H3/b21-17+. The Bertz CT molecular complexity index is 732. The molecule has 1 saturated carbocycles. The van der Waals surface area contributed by atoms with Gasteiger partial charge in [-0.15, -0.1) is 5.10 Å². The van der Waals surface area contributed by atoms with E-state index >= 15 is 0 Å². The van der Waals surface area contributed by atoms with Crippen molar-refractivity contribution in [2.75, 3.05) is 6.61 Å². The molecule has 1 aliphatic carbocycles. The average molecular weight is 390 g/mol. The second-order valence-corrected chi connectivity index (χ2v) is 7.89. The first-order valence-corrected chi connectivity index (χ1v) is 10.6. The van der Waals surface area contributed by atoms with Crippen LogP contribution < -0.4 is 4.74 Å². The van der Waals surface area contributed by atoms with Crippen molar-refractivity contribution in [3.63, 3.8) is 0 Å². The van der Waals surface area contributed by atoms with Gasteiger partial charge in [-0.2, -0.15) is 4.68 Å². The van der Waals surface area contributed by atoms with E-state index in [1.54, 1.807) is 16.4 Å². The number of benzene rings is 1. The van der Waals surface area contributed by atoms with Gasteiger partial charge in [0.15, 0.2) is 0 Å². The molecule has 1 atom stereocenters. The lowest BCUT2D eigenvalue weighted by Gasteiger charge is -2.21. The zero-order valence-corrected chi connectivity index (χ0v) is 16.6. The minimum absolute atomic E-state index is 0.124. The molecule has 1 aromatic heterocycles. The van der Waals surface area contributed by atoms with Gasteiger partial charge in [0.1, 0.15) is 5.75 Å². The second-order valence-electron chi connectivity index (χ2n) is 6.72. The number of rotatable bonds is 9. The van der Waals surface area contributed by atoms with E-state index < -0.39 is 0 Å². The van der Waals surface area contributed by atoms with Gasteiger partial charge in [0.25, 0.3) is 0 Å². The molecule has 0 spiro atoms. The number of hydrogen-bond donors (Lipinski definition) is 1. The highest BCUT2D eigenvalue weighted by atomic mass is 32.2. The fourth-order valence-electron chi connectivity index (χ4n) is 3.15. The lowest BCUT2D eigenvalue weighted by Crippen LogP contribution is -2.22. The number of unbranched alkanes of at least 4 members (excludes halogenated alkanes) is 3. The molecule has 27 heavy (non-hydrogen) atoms. The summed E-state index contributed by atoms with van der Waals surface area (Å²) < 4.78 is 7.52. The zero-order valence-electron chi connectivity index (χ0n) is 15.8. The van der Waals surface area contributed by atoms with Gasteiger partial charge in [0.05, 0.1) is 23.3 Å². The Kier molecular flexibility index (Phi) is 7.50. The van der Waals surface area contributed by atoms with Gasteiger partial charge in [0.2, 0.25) is 5.16 Å². The molecular weight excluding hydrogens is 362 g/mol. The van der Waals surface area contributed by atoms with Crippen molar-refractivity contribution < 1.29 is 9.94 Å². The van der Waals surface area contributed by atoms with Crippen LogP contribution in [0, 0.1) is 0 Å². The first-order valence-electron chi connectivity index (χ1n) is 9.71. The van der Waals surface area contributed by atoms with Crippen LogP contribution in [-0.2, 0) is 0 Å². The summed E-state index contributed by atoms with van der Waals surface area (Å²) in [5.74, 6) is 0.861. The first-order chi connectivity index (χ1) is 13.3. The molecule has 146 valence electrons. The monoisotopic (exact) mass is 389 g/mol. The lowest BCUT2D eigenvalue weighted by atomic mass is 9.98. The smallest absolute Gasteiger partial charge is 0.214 e. The van der Waals surface area contributed by atoms with Gasteiger partial charge in [0, 0.05) is 0 Å². The van der Waals surface area contributed by atoms with Crippen LogP contribution in [-0.4, -0.2) is 43.0 Å². The van der Waals surface area contributed by atoms with Crippen molar-refractivity contribution in [3.8, 4) is 11.4 Å². The van der Waals surface area contributed by atoms with E-state index in [0.29, 0.717) is 5.16 Å². The first kappa shape index (κ1) is 19.7. The molecule has 1 heterocycles. The molecule has 1 unspecified atom stereocenters. The van der Waals surface area contributed by atoms with Gasteiger partial charge < -0.3 is 9.94 Å². The van der Waals surface area contributed by atoms with Gasteiger partial charge in [-0.25, -0.2) is 0 Å². The van der Waals surface area contributed by atoms with Gasteiger partial charge in [-0.1, -0.05) is 49.5 Å². The molecule has 1 aromatic carbocycles. The Hall–Kier alpha value is -2.09. The SMILES string of the molecule is CCCCCCOc1ccc(-n2nnnc2SC2CCCC/C2=N\O)cc1. The van der Waals surface area contributed by atoms with Crippen molar-refractivity contribution in [1.29, 1.82) is 0 Å². The van der Waals surface area contributed by atoms with Crippen LogP contribution in [0.5, 0.6) is 5.75 Å². The molecule has 0 amide bonds. The topological polar surface area (TPSA) is 85.4 Å². The molecule has 1 fully saturated rings. The van der Waals surface area contributed by atoms with Crippen molar-refractivity contribution in [1.82, 2.24) is 20.2 Å². The van der Waals surface area contributed by atoms with E-state index in [-0.39, 0.29) is 5.25 Å². The summed E-state index contributed by atoms with van der Waals surface area (Å²) >= 11 is 1.56. The maximum absolute atomic E-state index is 9.23. The third-order valence-corrected chi connectivity index (χ3v) is 5.94. The summed E-state index contributed by atoms with van der Waals surface area (Å²) in [5.41, 5.74) is 1.71. The third-order valence-electron chi connectivity index (χ3n) is 4.69. The number of aromatic nitrogens is 4. The summed E-state index contributed by atoms with van der Waals surface area (Å²) in [6.07, 6.45) is 8.78. The summed E-state index contributed by atoms with van der Waals surface area (Å²) in [7, 11) is 0. The van der Waals surface area contributed by atoms with Crippen LogP contribution >= 0.6 is 11.8 Å². The number of oxime groups is 1. The molecule has 0 bridgehead atoms. The average Bonchev–Trinajstić information content (AvgIpc) is 3.17. The summed E-state index contributed by atoms with van der Waals surface area (Å²) in [5, 5.41) is 25.6. The van der Waals surface area contributed by atoms with E-state index in [4.69, 9.17) is 4.74 Å². The molecule has 2 aromatic rings. The number of thioether (sulfide) groups is 1. The molecule has 1 aliphatic rings. The summed E-state index contributed by atoms with van der Waals surface area (Å²) in [6, 6.07) is 7.83. The van der Waals surface area contributed by atoms with E-state index in [0.717, 1.165) is 55.9 Å². The highest BCUT2D eigenvalue weighted by Gasteiger charge is 2.25. The Labute approximate surface area is 164 Å². The van der Waals surface area contributed by atoms with Crippen molar-refractivity contribution in [3.05, 3.63) is 24.3 Å². The Balaban J connectivity index is 1.61. The maximum atomic E-state index is 9.23. The number of tetrazole rings is 1. The molecule has 7 nitrogen and oxygen atoms in total. The normalized spacial score (nSPS) is 18.7. The highest BCUT2D eigenvalue weighted by Crippen LogP contribution is 2.32. The van der Waals surface area contributed by atoms with E-state index in [9.17, 15) is 5.21 Å². The van der Waals surface area contributed by atoms with Crippen molar-refractivity contribution >= 4 is 17.5 Å². The highest BCUT2D eigenvalue weighted by molar-refractivity contribution is 8.00. The fourth-order valence-corrected chi connectivity index (χ4v) is 4.31. The van der Waals surface area contributed by atoms with Crippen LogP contribution in [0.3, 0.4) is 0 Å². The molecule has 3 rings (SSSR count). The van der Waals surface area contributed by atoms with Gasteiger partial charge in [-0.05, 0) is 60.4 Å². The maximum Gasteiger partial charge on any atom is 0.214 e. The number of hydrogen-bond acceptors (Lipinski definition) is 7.